The standard InChI is InChI=1S/C17H17N3OS2/c1-17(2,3)14-11(10-18-19-14)9-13-15(21)20(16(22)23-13)12-7-5-4-6-8-12/h4-10,21H,1-3H3/b11-9+. The van der Waals surface area contributed by atoms with Gasteiger partial charge in [0.2, 0.25) is 5.88 Å². The summed E-state index contributed by atoms with van der Waals surface area (Å²) in [5.41, 5.74) is 2.55. The van der Waals surface area contributed by atoms with Crippen LogP contribution in [0.25, 0.3) is 11.8 Å². The second kappa shape index (κ2) is 5.86. The zero-order valence-corrected chi connectivity index (χ0v) is 14.8. The third kappa shape index (κ3) is 3.04. The lowest BCUT2D eigenvalue weighted by atomic mass is 9.86. The van der Waals surface area contributed by atoms with Crippen LogP contribution in [0, 0.1) is 9.37 Å². The van der Waals surface area contributed by atoms with Crippen LogP contribution in [0.5, 0.6) is 5.88 Å². The molecule has 0 saturated carbocycles. The summed E-state index contributed by atoms with van der Waals surface area (Å²) in [6, 6.07) is 9.59. The Bertz CT molecular complexity index is 881. The summed E-state index contributed by atoms with van der Waals surface area (Å²) in [4.78, 5) is 0.708. The summed E-state index contributed by atoms with van der Waals surface area (Å²) in [6.07, 6.45) is 3.62. The fraction of sp³-hybridized carbons (Fsp3) is 0.235. The van der Waals surface area contributed by atoms with Gasteiger partial charge in [0.25, 0.3) is 0 Å². The van der Waals surface area contributed by atoms with Gasteiger partial charge in [-0.1, -0.05) is 39.0 Å². The van der Waals surface area contributed by atoms with Crippen molar-refractivity contribution in [1.82, 2.24) is 4.57 Å². The Morgan fingerprint density at radius 2 is 1.91 bits per heavy atom. The number of nitrogens with zero attached hydrogens (tertiary/aromatic N) is 3. The first-order chi connectivity index (χ1) is 10.9. The van der Waals surface area contributed by atoms with Gasteiger partial charge in [0.1, 0.15) is 0 Å². The number of aromatic nitrogens is 1. The zero-order valence-electron chi connectivity index (χ0n) is 13.1. The number of para-hydroxylation sites is 1. The summed E-state index contributed by atoms with van der Waals surface area (Å²) in [5, 5.41) is 18.8. The molecule has 3 rings (SSSR count). The Morgan fingerprint density at radius 3 is 2.57 bits per heavy atom. The predicted octanol–water partition coefficient (Wildman–Crippen LogP) is 4.84. The van der Waals surface area contributed by atoms with E-state index in [4.69, 9.17) is 12.2 Å². The predicted molar refractivity (Wildman–Crippen MR) is 99.5 cm³/mol. The van der Waals surface area contributed by atoms with Crippen LogP contribution < -0.4 is 0 Å². The van der Waals surface area contributed by atoms with Crippen LogP contribution in [0.3, 0.4) is 0 Å². The smallest absolute Gasteiger partial charge is 0.215 e. The van der Waals surface area contributed by atoms with E-state index in [0.29, 0.717) is 8.83 Å². The molecule has 0 atom stereocenters. The van der Waals surface area contributed by atoms with Crippen molar-refractivity contribution >= 4 is 41.6 Å². The average molecular weight is 343 g/mol. The topological polar surface area (TPSA) is 49.9 Å². The number of allylic oxidation sites excluding steroid dienone is 1. The van der Waals surface area contributed by atoms with Gasteiger partial charge in [0.05, 0.1) is 22.5 Å². The molecule has 6 heteroatoms. The monoisotopic (exact) mass is 343 g/mol. The summed E-state index contributed by atoms with van der Waals surface area (Å²) >= 11 is 6.78. The van der Waals surface area contributed by atoms with Crippen LogP contribution in [-0.4, -0.2) is 21.6 Å². The first kappa shape index (κ1) is 15.8. The molecule has 0 spiro atoms. The highest BCUT2D eigenvalue weighted by Gasteiger charge is 2.25. The Hall–Kier alpha value is -2.05. The Morgan fingerprint density at radius 1 is 1.22 bits per heavy atom. The molecule has 0 unspecified atom stereocenters. The molecule has 118 valence electrons. The van der Waals surface area contributed by atoms with Gasteiger partial charge in [-0.25, -0.2) is 0 Å². The fourth-order valence-corrected chi connectivity index (χ4v) is 3.68. The molecule has 1 aromatic carbocycles. The molecule has 0 bridgehead atoms. The fourth-order valence-electron chi connectivity index (χ4n) is 2.38. The normalized spacial score (nSPS) is 16.1. The lowest BCUT2D eigenvalue weighted by molar-refractivity contribution is 0.441. The van der Waals surface area contributed by atoms with Gasteiger partial charge in [-0.2, -0.15) is 10.2 Å². The van der Waals surface area contributed by atoms with Crippen LogP contribution in [0.1, 0.15) is 25.6 Å². The number of hydrogen-bond acceptors (Lipinski definition) is 5. The molecular formula is C17H17N3OS2. The highest BCUT2D eigenvalue weighted by molar-refractivity contribution is 7.73. The van der Waals surface area contributed by atoms with Crippen LogP contribution in [0.2, 0.25) is 0 Å². The van der Waals surface area contributed by atoms with Crippen molar-refractivity contribution in [2.45, 2.75) is 20.8 Å². The molecule has 1 N–H and O–H groups in total. The number of aromatic hydroxyl groups is 1. The summed E-state index contributed by atoms with van der Waals surface area (Å²) in [7, 11) is 0. The van der Waals surface area contributed by atoms with Crippen molar-refractivity contribution in [1.29, 1.82) is 0 Å². The Kier molecular flexibility index (Phi) is 4.04. The molecule has 2 aromatic rings. The minimum absolute atomic E-state index is 0.110. The van der Waals surface area contributed by atoms with E-state index in [1.165, 1.54) is 11.3 Å². The van der Waals surface area contributed by atoms with Crippen LogP contribution in [0.15, 0.2) is 46.1 Å². The lowest BCUT2D eigenvalue weighted by Crippen LogP contribution is -2.20. The maximum absolute atomic E-state index is 10.6. The van der Waals surface area contributed by atoms with Crippen molar-refractivity contribution in [2.24, 2.45) is 15.6 Å². The van der Waals surface area contributed by atoms with E-state index in [0.717, 1.165) is 17.0 Å². The minimum Gasteiger partial charge on any atom is -0.493 e. The third-order valence-electron chi connectivity index (χ3n) is 3.45. The van der Waals surface area contributed by atoms with Crippen molar-refractivity contribution in [3.8, 4) is 11.6 Å². The largest absolute Gasteiger partial charge is 0.493 e. The molecule has 2 heterocycles. The van der Waals surface area contributed by atoms with E-state index < -0.39 is 0 Å². The van der Waals surface area contributed by atoms with Crippen molar-refractivity contribution in [3.63, 3.8) is 0 Å². The molecule has 0 radical (unpaired) electrons. The van der Waals surface area contributed by atoms with E-state index in [-0.39, 0.29) is 11.3 Å². The number of hydrogen-bond donors (Lipinski definition) is 1. The van der Waals surface area contributed by atoms with Gasteiger partial charge in [0.15, 0.2) is 3.95 Å². The quantitative estimate of drug-likeness (QED) is 0.793. The van der Waals surface area contributed by atoms with E-state index >= 15 is 0 Å². The van der Waals surface area contributed by atoms with Gasteiger partial charge in [-0.3, -0.25) is 4.57 Å². The van der Waals surface area contributed by atoms with Crippen molar-refractivity contribution < 1.29 is 5.11 Å². The second-order valence-electron chi connectivity index (χ2n) is 6.27. The zero-order chi connectivity index (χ0) is 16.6. The molecule has 23 heavy (non-hydrogen) atoms. The number of benzene rings is 1. The van der Waals surface area contributed by atoms with Crippen molar-refractivity contribution in [2.75, 3.05) is 0 Å². The summed E-state index contributed by atoms with van der Waals surface area (Å²) in [6.45, 7) is 6.27. The van der Waals surface area contributed by atoms with Gasteiger partial charge in [-0.15, -0.1) is 11.3 Å². The average Bonchev–Trinajstić information content (AvgIpc) is 3.05. The molecule has 1 aliphatic heterocycles. The van der Waals surface area contributed by atoms with Gasteiger partial charge in [-0.05, 0) is 30.4 Å². The molecular weight excluding hydrogens is 326 g/mol. The number of rotatable bonds is 2. The van der Waals surface area contributed by atoms with Crippen LogP contribution >= 0.6 is 23.6 Å². The molecule has 1 aliphatic rings. The van der Waals surface area contributed by atoms with E-state index in [1.807, 2.05) is 36.4 Å². The van der Waals surface area contributed by atoms with Gasteiger partial charge >= 0.3 is 0 Å². The Labute approximate surface area is 144 Å². The van der Waals surface area contributed by atoms with Crippen LogP contribution in [-0.2, 0) is 0 Å². The highest BCUT2D eigenvalue weighted by Crippen LogP contribution is 2.33. The number of thiazole rings is 1. The minimum atomic E-state index is -0.110. The molecule has 0 aliphatic carbocycles. The molecule has 0 saturated heterocycles. The molecule has 4 nitrogen and oxygen atoms in total. The van der Waals surface area contributed by atoms with Gasteiger partial charge < -0.3 is 5.11 Å². The summed E-state index contributed by atoms with van der Waals surface area (Å²) in [5.74, 6) is 0.146. The van der Waals surface area contributed by atoms with E-state index in [9.17, 15) is 5.11 Å². The van der Waals surface area contributed by atoms with E-state index in [1.54, 1.807) is 10.8 Å². The van der Waals surface area contributed by atoms with E-state index in [2.05, 4.69) is 31.0 Å². The second-order valence-corrected chi connectivity index (χ2v) is 7.95. The Balaban J connectivity index is 2.07. The molecule has 0 amide bonds. The maximum atomic E-state index is 10.6. The van der Waals surface area contributed by atoms with Gasteiger partial charge in [0, 0.05) is 11.0 Å². The third-order valence-corrected chi connectivity index (χ3v) is 4.76. The SMILES string of the molecule is CC(C)(C)C1=NN=C/C1=C\c1sc(=S)n(-c2ccccc2)c1O. The van der Waals surface area contributed by atoms with Crippen LogP contribution in [0.4, 0.5) is 0 Å². The molecule has 1 aromatic heterocycles. The molecule has 0 fully saturated rings. The summed E-state index contributed by atoms with van der Waals surface area (Å²) < 4.78 is 2.27. The highest BCUT2D eigenvalue weighted by atomic mass is 32.1. The lowest BCUT2D eigenvalue weighted by Gasteiger charge is -2.18. The van der Waals surface area contributed by atoms with Crippen molar-refractivity contribution in [3.05, 3.63) is 44.7 Å². The first-order valence-corrected chi connectivity index (χ1v) is 8.44. The first-order valence-electron chi connectivity index (χ1n) is 7.22. The maximum Gasteiger partial charge on any atom is 0.215 e.